The molecule has 0 aromatic carbocycles. The number of fused-ring (bicyclic) bond motifs is 1. The number of carbonyl (C=O) groups is 1. The largest absolute Gasteiger partial charge is 0.299 e. The molecule has 0 aromatic heterocycles. The van der Waals surface area contributed by atoms with Crippen molar-refractivity contribution in [1.29, 1.82) is 0 Å². The van der Waals surface area contributed by atoms with Crippen molar-refractivity contribution in [2.24, 2.45) is 11.8 Å². The predicted octanol–water partition coefficient (Wildman–Crippen LogP) is 1.76. The van der Waals surface area contributed by atoms with E-state index in [-0.39, 0.29) is 5.92 Å². The van der Waals surface area contributed by atoms with Crippen LogP contribution in [0, 0.1) is 11.8 Å². The van der Waals surface area contributed by atoms with Crippen molar-refractivity contribution < 1.29 is 4.79 Å². The zero-order valence-electron chi connectivity index (χ0n) is 5.64. The average molecular weight is 157 g/mol. The molecule has 0 amide bonds. The van der Waals surface area contributed by atoms with Crippen molar-refractivity contribution in [2.75, 3.05) is 5.88 Å². The van der Waals surface area contributed by atoms with Crippen LogP contribution in [-0.4, -0.2) is 11.7 Å². The van der Waals surface area contributed by atoms with Crippen LogP contribution in [0.2, 0.25) is 0 Å². The molecule has 1 saturated carbocycles. The monoisotopic (exact) mass is 156 g/mol. The van der Waals surface area contributed by atoms with Gasteiger partial charge in [0.2, 0.25) is 0 Å². The minimum Gasteiger partial charge on any atom is -0.299 e. The Kier molecular flexibility index (Phi) is 1.34. The van der Waals surface area contributed by atoms with E-state index in [4.69, 9.17) is 11.6 Å². The fourth-order valence-electron chi connectivity index (χ4n) is 1.92. The van der Waals surface area contributed by atoms with Gasteiger partial charge in [-0.3, -0.25) is 4.79 Å². The molecule has 0 aliphatic heterocycles. The molecule has 2 aliphatic rings. The van der Waals surface area contributed by atoms with Crippen molar-refractivity contribution in [2.45, 2.75) is 12.8 Å². The topological polar surface area (TPSA) is 17.1 Å². The summed E-state index contributed by atoms with van der Waals surface area (Å²) in [7, 11) is 0. The number of Topliss-reactive ketones (excluding diaryl/α,β-unsaturated/α-hetero) is 1. The quantitative estimate of drug-likeness (QED) is 0.418. The van der Waals surface area contributed by atoms with Gasteiger partial charge in [-0.1, -0.05) is 6.08 Å². The molecule has 1 nitrogen and oxygen atoms in total. The smallest absolute Gasteiger partial charge is 0.140 e. The average Bonchev–Trinajstić information content (AvgIpc) is 2.09. The lowest BCUT2D eigenvalue weighted by atomic mass is 9.78. The van der Waals surface area contributed by atoms with Crippen molar-refractivity contribution in [3.05, 3.63) is 11.6 Å². The summed E-state index contributed by atoms with van der Waals surface area (Å²) < 4.78 is 0. The Morgan fingerprint density at radius 2 is 2.50 bits per heavy atom. The number of ketones is 1. The third-order valence-corrected chi connectivity index (χ3v) is 2.79. The minimum atomic E-state index is 0.234. The number of carbonyl (C=O) groups excluding carboxylic acids is 1. The SMILES string of the molecule is O=C1CCC2C=C(CCl)C12. The Bertz CT molecular complexity index is 207. The zero-order valence-corrected chi connectivity index (χ0v) is 6.40. The first kappa shape index (κ1) is 6.41. The first-order valence-electron chi connectivity index (χ1n) is 3.62. The van der Waals surface area contributed by atoms with Gasteiger partial charge in [-0.2, -0.15) is 0 Å². The summed E-state index contributed by atoms with van der Waals surface area (Å²) in [6, 6.07) is 0. The van der Waals surface area contributed by atoms with Crippen LogP contribution in [0.15, 0.2) is 11.6 Å². The maximum absolute atomic E-state index is 11.1. The predicted molar refractivity (Wildman–Crippen MR) is 40.0 cm³/mol. The second-order valence-electron chi connectivity index (χ2n) is 3.02. The molecule has 0 spiro atoms. The highest BCUT2D eigenvalue weighted by Crippen LogP contribution is 2.43. The minimum absolute atomic E-state index is 0.234. The lowest BCUT2D eigenvalue weighted by Gasteiger charge is -2.27. The zero-order chi connectivity index (χ0) is 7.14. The highest BCUT2D eigenvalue weighted by Gasteiger charge is 2.41. The number of hydrogen-bond donors (Lipinski definition) is 0. The Balaban J connectivity index is 2.19. The van der Waals surface area contributed by atoms with Gasteiger partial charge in [-0.25, -0.2) is 0 Å². The lowest BCUT2D eigenvalue weighted by Crippen LogP contribution is -2.25. The summed E-state index contributed by atoms with van der Waals surface area (Å²) in [5.41, 5.74) is 1.16. The van der Waals surface area contributed by atoms with Crippen LogP contribution in [0.5, 0.6) is 0 Å². The standard InChI is InChI=1S/C8H9ClO/c9-4-6-3-5-1-2-7(10)8(5)6/h3,5,8H,1-2,4H2. The third-order valence-electron chi connectivity index (χ3n) is 2.48. The summed E-state index contributed by atoms with van der Waals surface area (Å²) in [4.78, 5) is 11.1. The van der Waals surface area contributed by atoms with E-state index in [0.717, 1.165) is 18.4 Å². The van der Waals surface area contributed by atoms with Gasteiger partial charge in [-0.05, 0) is 17.9 Å². The Morgan fingerprint density at radius 1 is 1.70 bits per heavy atom. The number of alkyl halides is 1. The fourth-order valence-corrected chi connectivity index (χ4v) is 2.17. The third kappa shape index (κ3) is 0.671. The molecular weight excluding hydrogens is 148 g/mol. The van der Waals surface area contributed by atoms with Gasteiger partial charge >= 0.3 is 0 Å². The molecule has 0 bridgehead atoms. The normalized spacial score (nSPS) is 36.9. The van der Waals surface area contributed by atoms with Crippen LogP contribution >= 0.6 is 11.6 Å². The van der Waals surface area contributed by atoms with Gasteiger partial charge in [0.15, 0.2) is 0 Å². The molecule has 2 rings (SSSR count). The van der Waals surface area contributed by atoms with Crippen LogP contribution < -0.4 is 0 Å². The van der Waals surface area contributed by atoms with Crippen molar-refractivity contribution >= 4 is 17.4 Å². The van der Waals surface area contributed by atoms with Gasteiger partial charge in [-0.15, -0.1) is 11.6 Å². The highest BCUT2D eigenvalue weighted by atomic mass is 35.5. The molecular formula is C8H9ClO. The maximum atomic E-state index is 11.1. The van der Waals surface area contributed by atoms with Crippen LogP contribution in [0.3, 0.4) is 0 Å². The van der Waals surface area contributed by atoms with Gasteiger partial charge in [0, 0.05) is 18.2 Å². The maximum Gasteiger partial charge on any atom is 0.140 e. The molecule has 0 N–H and O–H groups in total. The van der Waals surface area contributed by atoms with Crippen LogP contribution in [-0.2, 0) is 4.79 Å². The molecule has 2 unspecified atom stereocenters. The summed E-state index contributed by atoms with van der Waals surface area (Å²) in [6.45, 7) is 0. The molecule has 0 radical (unpaired) electrons. The van der Waals surface area contributed by atoms with Crippen LogP contribution in [0.1, 0.15) is 12.8 Å². The van der Waals surface area contributed by atoms with E-state index in [2.05, 4.69) is 6.08 Å². The first-order valence-corrected chi connectivity index (χ1v) is 4.15. The fraction of sp³-hybridized carbons (Fsp3) is 0.625. The molecule has 2 atom stereocenters. The highest BCUT2D eigenvalue weighted by molar-refractivity contribution is 6.20. The second kappa shape index (κ2) is 2.09. The van der Waals surface area contributed by atoms with Crippen molar-refractivity contribution in [1.82, 2.24) is 0 Å². The Morgan fingerprint density at radius 3 is 3.10 bits per heavy atom. The number of hydrogen-bond acceptors (Lipinski definition) is 1. The summed E-state index contributed by atoms with van der Waals surface area (Å²) >= 11 is 5.61. The molecule has 0 aromatic rings. The molecule has 1 fully saturated rings. The van der Waals surface area contributed by atoms with Gasteiger partial charge in [0.05, 0.1) is 0 Å². The Labute approximate surface area is 65.1 Å². The Hall–Kier alpha value is -0.300. The molecule has 2 aliphatic carbocycles. The van der Waals surface area contributed by atoms with E-state index in [0.29, 0.717) is 17.6 Å². The molecule has 0 heterocycles. The molecule has 10 heavy (non-hydrogen) atoms. The number of halogens is 1. The van der Waals surface area contributed by atoms with E-state index in [1.807, 2.05) is 0 Å². The molecule has 0 saturated heterocycles. The molecule has 54 valence electrons. The molecule has 2 heteroatoms. The van der Waals surface area contributed by atoms with E-state index < -0.39 is 0 Å². The van der Waals surface area contributed by atoms with Gasteiger partial charge < -0.3 is 0 Å². The van der Waals surface area contributed by atoms with Crippen LogP contribution in [0.25, 0.3) is 0 Å². The summed E-state index contributed by atoms with van der Waals surface area (Å²) in [5.74, 6) is 1.74. The lowest BCUT2D eigenvalue weighted by molar-refractivity contribution is -0.120. The second-order valence-corrected chi connectivity index (χ2v) is 3.29. The van der Waals surface area contributed by atoms with Gasteiger partial charge in [0.1, 0.15) is 5.78 Å². The van der Waals surface area contributed by atoms with E-state index in [9.17, 15) is 4.79 Å². The van der Waals surface area contributed by atoms with Crippen molar-refractivity contribution in [3.8, 4) is 0 Å². The summed E-state index contributed by atoms with van der Waals surface area (Å²) in [5, 5.41) is 0. The first-order chi connectivity index (χ1) is 4.83. The van der Waals surface area contributed by atoms with E-state index in [1.54, 1.807) is 0 Å². The van der Waals surface area contributed by atoms with Crippen molar-refractivity contribution in [3.63, 3.8) is 0 Å². The van der Waals surface area contributed by atoms with Crippen LogP contribution in [0.4, 0.5) is 0 Å². The summed E-state index contributed by atoms with van der Waals surface area (Å²) in [6.07, 6.45) is 3.98. The number of rotatable bonds is 1. The van der Waals surface area contributed by atoms with Gasteiger partial charge in [0.25, 0.3) is 0 Å². The van der Waals surface area contributed by atoms with E-state index in [1.165, 1.54) is 0 Å². The number of allylic oxidation sites excluding steroid dienone is 2. The van der Waals surface area contributed by atoms with E-state index >= 15 is 0 Å².